The Hall–Kier alpha value is -3.29. The van der Waals surface area contributed by atoms with Gasteiger partial charge in [0.1, 0.15) is 5.56 Å². The highest BCUT2D eigenvalue weighted by Gasteiger charge is 2.37. The highest BCUT2D eigenvalue weighted by atomic mass is 16.5. The number of hydrogen-bond acceptors (Lipinski definition) is 7. The Morgan fingerprint density at radius 1 is 1.24 bits per heavy atom. The van der Waals surface area contributed by atoms with Crippen LogP contribution >= 0.6 is 0 Å². The predicted octanol–water partition coefficient (Wildman–Crippen LogP) is 1.77. The van der Waals surface area contributed by atoms with Gasteiger partial charge in [-0.05, 0) is 24.3 Å². The molecule has 0 atom stereocenters. The summed E-state index contributed by atoms with van der Waals surface area (Å²) in [5, 5.41) is 4.00. The molecule has 0 aromatic carbocycles. The Labute approximate surface area is 143 Å². The number of carbonyl (C=O) groups is 1. The third kappa shape index (κ3) is 2.82. The van der Waals surface area contributed by atoms with Crippen LogP contribution in [0.15, 0.2) is 47.4 Å². The van der Waals surface area contributed by atoms with E-state index in [1.165, 1.54) is 7.11 Å². The fourth-order valence-corrected chi connectivity index (χ4v) is 2.71. The monoisotopic (exact) mass is 337 g/mol. The Kier molecular flexibility index (Phi) is 3.85. The van der Waals surface area contributed by atoms with E-state index in [1.807, 2.05) is 12.1 Å². The first-order valence-corrected chi connectivity index (χ1v) is 7.78. The average Bonchev–Trinajstić information content (AvgIpc) is 3.10. The number of carbonyl (C=O) groups excluding carboxylic acids is 1. The quantitative estimate of drug-likeness (QED) is 0.716. The van der Waals surface area contributed by atoms with Crippen LogP contribution in [0.1, 0.15) is 22.2 Å². The minimum absolute atomic E-state index is 0.0368. The van der Waals surface area contributed by atoms with Crippen molar-refractivity contribution in [1.82, 2.24) is 25.0 Å². The summed E-state index contributed by atoms with van der Waals surface area (Å²) >= 11 is 0. The molecule has 0 bridgehead atoms. The molecule has 4 heterocycles. The molecule has 0 unspecified atom stereocenters. The lowest BCUT2D eigenvalue weighted by Crippen LogP contribution is -2.48. The number of ether oxygens (including phenoxy) is 1. The van der Waals surface area contributed by atoms with Gasteiger partial charge < -0.3 is 14.2 Å². The van der Waals surface area contributed by atoms with Gasteiger partial charge in [0.2, 0.25) is 17.6 Å². The normalized spacial score (nSPS) is 14.2. The van der Waals surface area contributed by atoms with Gasteiger partial charge in [-0.15, -0.1) is 0 Å². The largest absolute Gasteiger partial charge is 0.480 e. The lowest BCUT2D eigenvalue weighted by Gasteiger charge is -2.37. The van der Waals surface area contributed by atoms with E-state index in [4.69, 9.17) is 9.26 Å². The third-order valence-electron chi connectivity index (χ3n) is 4.09. The number of methoxy groups -OCH3 is 1. The summed E-state index contributed by atoms with van der Waals surface area (Å²) in [5.41, 5.74) is 1.30. The van der Waals surface area contributed by atoms with Crippen molar-refractivity contribution in [3.8, 4) is 17.3 Å². The van der Waals surface area contributed by atoms with E-state index >= 15 is 0 Å². The Balaban J connectivity index is 1.44. The molecule has 25 heavy (non-hydrogen) atoms. The Morgan fingerprint density at radius 3 is 2.80 bits per heavy atom. The van der Waals surface area contributed by atoms with Crippen LogP contribution in [0.4, 0.5) is 0 Å². The topological polar surface area (TPSA) is 94.2 Å². The van der Waals surface area contributed by atoms with Crippen LogP contribution in [-0.4, -0.2) is 51.1 Å². The lowest BCUT2D eigenvalue weighted by molar-refractivity contribution is 0.0565. The van der Waals surface area contributed by atoms with Crippen molar-refractivity contribution in [2.24, 2.45) is 0 Å². The van der Waals surface area contributed by atoms with E-state index in [0.29, 0.717) is 36.2 Å². The van der Waals surface area contributed by atoms with Crippen molar-refractivity contribution in [1.29, 1.82) is 0 Å². The van der Waals surface area contributed by atoms with Crippen molar-refractivity contribution >= 4 is 5.91 Å². The molecular weight excluding hydrogens is 322 g/mol. The summed E-state index contributed by atoms with van der Waals surface area (Å²) in [6.07, 6.45) is 4.94. The van der Waals surface area contributed by atoms with Gasteiger partial charge in [-0.25, -0.2) is 4.98 Å². The van der Waals surface area contributed by atoms with E-state index in [9.17, 15) is 4.79 Å². The van der Waals surface area contributed by atoms with E-state index in [1.54, 1.807) is 35.6 Å². The first kappa shape index (κ1) is 15.3. The van der Waals surface area contributed by atoms with Crippen molar-refractivity contribution in [3.63, 3.8) is 0 Å². The molecule has 1 aliphatic rings. The lowest BCUT2D eigenvalue weighted by atomic mass is 9.99. The fraction of sp³-hybridized carbons (Fsp3) is 0.235. The van der Waals surface area contributed by atoms with Gasteiger partial charge in [0.15, 0.2) is 0 Å². The van der Waals surface area contributed by atoms with Crippen LogP contribution in [0.3, 0.4) is 0 Å². The number of hydrogen-bond donors (Lipinski definition) is 0. The van der Waals surface area contributed by atoms with E-state index in [2.05, 4.69) is 20.1 Å². The molecule has 1 saturated heterocycles. The van der Waals surface area contributed by atoms with Crippen molar-refractivity contribution in [2.75, 3.05) is 20.2 Å². The molecule has 3 aromatic rings. The fourth-order valence-electron chi connectivity index (χ4n) is 2.71. The molecule has 0 saturated carbocycles. The summed E-state index contributed by atoms with van der Waals surface area (Å²) in [5.74, 6) is 1.31. The maximum absolute atomic E-state index is 12.5. The van der Waals surface area contributed by atoms with Crippen LogP contribution in [-0.2, 0) is 0 Å². The molecule has 0 spiro atoms. The van der Waals surface area contributed by atoms with Crippen molar-refractivity contribution < 1.29 is 14.1 Å². The molecule has 4 rings (SSSR count). The molecule has 1 aliphatic heterocycles. The zero-order valence-corrected chi connectivity index (χ0v) is 13.5. The number of amides is 1. The molecule has 8 nitrogen and oxygen atoms in total. The van der Waals surface area contributed by atoms with Crippen molar-refractivity contribution in [2.45, 2.75) is 5.92 Å². The van der Waals surface area contributed by atoms with E-state index < -0.39 is 0 Å². The SMILES string of the molecule is COc1ncccc1C(=O)N1CC(c2nc(-c3ccncc3)no2)C1. The van der Waals surface area contributed by atoms with Gasteiger partial charge >= 0.3 is 0 Å². The molecular formula is C17H15N5O3. The van der Waals surface area contributed by atoms with Gasteiger partial charge in [0.25, 0.3) is 5.91 Å². The minimum atomic E-state index is -0.116. The van der Waals surface area contributed by atoms with Crippen LogP contribution in [0.25, 0.3) is 11.4 Å². The van der Waals surface area contributed by atoms with Gasteiger partial charge in [-0.3, -0.25) is 9.78 Å². The third-order valence-corrected chi connectivity index (χ3v) is 4.09. The zero-order valence-electron chi connectivity index (χ0n) is 13.5. The minimum Gasteiger partial charge on any atom is -0.480 e. The number of rotatable bonds is 4. The predicted molar refractivity (Wildman–Crippen MR) is 87.0 cm³/mol. The maximum Gasteiger partial charge on any atom is 0.259 e. The second-order valence-corrected chi connectivity index (χ2v) is 5.66. The first-order chi connectivity index (χ1) is 12.3. The first-order valence-electron chi connectivity index (χ1n) is 7.78. The van der Waals surface area contributed by atoms with Crippen molar-refractivity contribution in [3.05, 3.63) is 54.3 Å². The van der Waals surface area contributed by atoms with Crippen LogP contribution in [0.5, 0.6) is 5.88 Å². The van der Waals surface area contributed by atoms with Crippen LogP contribution in [0.2, 0.25) is 0 Å². The Bertz CT molecular complexity index is 890. The second-order valence-electron chi connectivity index (χ2n) is 5.66. The van der Waals surface area contributed by atoms with Gasteiger partial charge in [-0.2, -0.15) is 4.98 Å². The number of likely N-dealkylation sites (tertiary alicyclic amines) is 1. The molecule has 0 aliphatic carbocycles. The smallest absolute Gasteiger partial charge is 0.259 e. The molecule has 0 radical (unpaired) electrons. The van der Waals surface area contributed by atoms with Gasteiger partial charge in [-0.1, -0.05) is 5.16 Å². The molecule has 126 valence electrons. The van der Waals surface area contributed by atoms with Gasteiger partial charge in [0.05, 0.1) is 13.0 Å². The van der Waals surface area contributed by atoms with E-state index in [-0.39, 0.29) is 11.8 Å². The van der Waals surface area contributed by atoms with E-state index in [0.717, 1.165) is 5.56 Å². The zero-order chi connectivity index (χ0) is 17.2. The van der Waals surface area contributed by atoms with Gasteiger partial charge in [0, 0.05) is 37.2 Å². The van der Waals surface area contributed by atoms with Crippen LogP contribution in [0, 0.1) is 0 Å². The summed E-state index contributed by atoms with van der Waals surface area (Å²) in [7, 11) is 1.50. The highest BCUT2D eigenvalue weighted by Crippen LogP contribution is 2.29. The second kappa shape index (κ2) is 6.31. The molecule has 1 fully saturated rings. The summed E-state index contributed by atoms with van der Waals surface area (Å²) in [4.78, 5) is 26.7. The number of aromatic nitrogens is 4. The molecule has 1 amide bonds. The number of nitrogens with zero attached hydrogens (tertiary/aromatic N) is 5. The highest BCUT2D eigenvalue weighted by molar-refractivity contribution is 5.96. The Morgan fingerprint density at radius 2 is 2.04 bits per heavy atom. The number of pyridine rings is 2. The molecule has 0 N–H and O–H groups in total. The molecule has 3 aromatic heterocycles. The summed E-state index contributed by atoms with van der Waals surface area (Å²) in [6.45, 7) is 1.05. The van der Waals surface area contributed by atoms with Crippen LogP contribution < -0.4 is 4.74 Å². The summed E-state index contributed by atoms with van der Waals surface area (Å²) < 4.78 is 10.5. The summed E-state index contributed by atoms with van der Waals surface area (Å²) in [6, 6.07) is 7.06. The maximum atomic E-state index is 12.5. The average molecular weight is 337 g/mol. The molecule has 8 heteroatoms. The standard InChI is InChI=1S/C17H15N5O3/c1-24-16-13(3-2-6-19-16)17(23)22-9-12(10-22)15-20-14(21-25-15)11-4-7-18-8-5-11/h2-8,12H,9-10H2,1H3.